The molecule has 0 aliphatic carbocycles. The fraction of sp³-hybridized carbons (Fsp3) is 0.238. The van der Waals surface area contributed by atoms with Gasteiger partial charge in [0.2, 0.25) is 0 Å². The molecular weight excluding hydrogens is 308 g/mol. The summed E-state index contributed by atoms with van der Waals surface area (Å²) in [5.74, 6) is 0. The summed E-state index contributed by atoms with van der Waals surface area (Å²) in [6, 6.07) is 21.3. The highest BCUT2D eigenvalue weighted by Gasteiger charge is 2.18. The molecule has 2 aliphatic heterocycles. The Morgan fingerprint density at radius 1 is 0.520 bits per heavy atom. The first kappa shape index (κ1) is 15.6. The Morgan fingerprint density at radius 3 is 1.36 bits per heavy atom. The zero-order valence-electron chi connectivity index (χ0n) is 14.4. The molecule has 0 fully saturated rings. The molecular formula is C21H24N4. The van der Waals surface area contributed by atoms with Gasteiger partial charge in [-0.1, -0.05) is 60.7 Å². The van der Waals surface area contributed by atoms with E-state index in [1.54, 1.807) is 0 Å². The van der Waals surface area contributed by atoms with Crippen molar-refractivity contribution in [1.29, 1.82) is 0 Å². The Balaban J connectivity index is 1.23. The molecule has 2 aliphatic rings. The van der Waals surface area contributed by atoms with E-state index in [0.29, 0.717) is 0 Å². The number of hydrogen-bond donors (Lipinski definition) is 0. The second-order valence-corrected chi connectivity index (χ2v) is 6.66. The molecule has 4 nitrogen and oxygen atoms in total. The van der Waals surface area contributed by atoms with Crippen LogP contribution in [0.25, 0.3) is 0 Å². The van der Waals surface area contributed by atoms with Crippen molar-refractivity contribution < 1.29 is 0 Å². The van der Waals surface area contributed by atoms with Crippen molar-refractivity contribution in [2.75, 3.05) is 20.0 Å². The molecule has 2 aromatic carbocycles. The summed E-state index contributed by atoms with van der Waals surface area (Å²) < 4.78 is 0. The van der Waals surface area contributed by atoms with Gasteiger partial charge < -0.3 is 19.6 Å². The summed E-state index contributed by atoms with van der Waals surface area (Å²) in [5.41, 5.74) is 2.70. The fourth-order valence-electron chi connectivity index (χ4n) is 3.29. The molecule has 128 valence electrons. The van der Waals surface area contributed by atoms with Gasteiger partial charge in [0.15, 0.2) is 0 Å². The Kier molecular flexibility index (Phi) is 4.59. The van der Waals surface area contributed by atoms with Gasteiger partial charge in [0.1, 0.15) is 0 Å². The Bertz CT molecular complexity index is 663. The quantitative estimate of drug-likeness (QED) is 0.803. The van der Waals surface area contributed by atoms with Crippen LogP contribution in [0.4, 0.5) is 0 Å². The van der Waals surface area contributed by atoms with Crippen LogP contribution in [0.5, 0.6) is 0 Å². The van der Waals surface area contributed by atoms with Crippen LogP contribution >= 0.6 is 0 Å². The Labute approximate surface area is 149 Å². The van der Waals surface area contributed by atoms with E-state index in [1.165, 1.54) is 11.1 Å². The zero-order chi connectivity index (χ0) is 16.9. The predicted molar refractivity (Wildman–Crippen MR) is 101 cm³/mol. The van der Waals surface area contributed by atoms with Crippen LogP contribution < -0.4 is 0 Å². The van der Waals surface area contributed by atoms with Crippen molar-refractivity contribution in [3.05, 3.63) is 96.6 Å². The van der Waals surface area contributed by atoms with Crippen LogP contribution in [0.2, 0.25) is 0 Å². The summed E-state index contributed by atoms with van der Waals surface area (Å²) in [6.07, 6.45) is 8.76. The van der Waals surface area contributed by atoms with E-state index in [0.717, 1.165) is 33.1 Å². The van der Waals surface area contributed by atoms with Crippen LogP contribution in [0.3, 0.4) is 0 Å². The molecule has 0 N–H and O–H groups in total. The van der Waals surface area contributed by atoms with E-state index in [1.807, 2.05) is 0 Å². The Hall–Kier alpha value is -2.88. The van der Waals surface area contributed by atoms with E-state index in [4.69, 9.17) is 0 Å². The molecule has 2 aromatic rings. The molecule has 0 aromatic heterocycles. The van der Waals surface area contributed by atoms with Gasteiger partial charge in [-0.05, 0) is 11.1 Å². The van der Waals surface area contributed by atoms with Crippen molar-refractivity contribution in [1.82, 2.24) is 19.6 Å². The van der Waals surface area contributed by atoms with Crippen LogP contribution in [-0.2, 0) is 13.1 Å². The van der Waals surface area contributed by atoms with Crippen molar-refractivity contribution in [2.45, 2.75) is 13.1 Å². The number of hydrogen-bond acceptors (Lipinski definition) is 4. The van der Waals surface area contributed by atoms with Crippen LogP contribution in [0, 0.1) is 0 Å². The van der Waals surface area contributed by atoms with Crippen molar-refractivity contribution in [2.24, 2.45) is 0 Å². The highest BCUT2D eigenvalue weighted by Crippen LogP contribution is 2.16. The van der Waals surface area contributed by atoms with Gasteiger partial charge in [-0.15, -0.1) is 0 Å². The number of benzene rings is 2. The molecule has 4 rings (SSSR count). The van der Waals surface area contributed by atoms with Gasteiger partial charge in [0.25, 0.3) is 0 Å². The molecule has 0 amide bonds. The first-order chi connectivity index (χ1) is 12.3. The normalized spacial score (nSPS) is 16.3. The van der Waals surface area contributed by atoms with E-state index in [-0.39, 0.29) is 0 Å². The van der Waals surface area contributed by atoms with Crippen LogP contribution in [-0.4, -0.2) is 39.6 Å². The van der Waals surface area contributed by atoms with Crippen molar-refractivity contribution in [3.63, 3.8) is 0 Å². The zero-order valence-corrected chi connectivity index (χ0v) is 14.4. The second kappa shape index (κ2) is 7.34. The third-order valence-electron chi connectivity index (χ3n) is 4.52. The van der Waals surface area contributed by atoms with Crippen LogP contribution in [0.15, 0.2) is 85.5 Å². The average Bonchev–Trinajstić information content (AvgIpc) is 3.27. The van der Waals surface area contributed by atoms with Gasteiger partial charge in [-0.3, -0.25) is 0 Å². The molecule has 0 saturated heterocycles. The maximum atomic E-state index is 2.35. The first-order valence-electron chi connectivity index (χ1n) is 8.76. The smallest absolute Gasteiger partial charge is 0.0927 e. The molecule has 0 atom stereocenters. The highest BCUT2D eigenvalue weighted by atomic mass is 15.4. The minimum atomic E-state index is 0.920. The largest absolute Gasteiger partial charge is 0.354 e. The molecule has 25 heavy (non-hydrogen) atoms. The minimum Gasteiger partial charge on any atom is -0.354 e. The number of nitrogens with zero attached hydrogens (tertiary/aromatic N) is 4. The summed E-state index contributed by atoms with van der Waals surface area (Å²) in [5, 5.41) is 0. The maximum Gasteiger partial charge on any atom is 0.0927 e. The van der Waals surface area contributed by atoms with E-state index < -0.39 is 0 Å². The van der Waals surface area contributed by atoms with E-state index >= 15 is 0 Å². The van der Waals surface area contributed by atoms with Gasteiger partial charge in [-0.25, -0.2) is 0 Å². The summed E-state index contributed by atoms with van der Waals surface area (Å²) in [4.78, 5) is 9.38. The third kappa shape index (κ3) is 4.15. The van der Waals surface area contributed by atoms with Gasteiger partial charge in [0, 0.05) is 37.9 Å². The highest BCUT2D eigenvalue weighted by molar-refractivity contribution is 5.16. The minimum absolute atomic E-state index is 0.920. The van der Waals surface area contributed by atoms with E-state index in [2.05, 4.69) is 105 Å². The number of rotatable bonds is 6. The molecule has 4 heteroatoms. The Morgan fingerprint density at radius 2 is 0.920 bits per heavy atom. The molecule has 0 spiro atoms. The molecule has 0 unspecified atom stereocenters. The van der Waals surface area contributed by atoms with Crippen LogP contribution in [0.1, 0.15) is 11.1 Å². The first-order valence-corrected chi connectivity index (χ1v) is 8.76. The summed E-state index contributed by atoms with van der Waals surface area (Å²) in [6.45, 7) is 4.73. The third-order valence-corrected chi connectivity index (χ3v) is 4.52. The molecule has 0 radical (unpaired) electrons. The van der Waals surface area contributed by atoms with Gasteiger partial charge in [-0.2, -0.15) is 0 Å². The van der Waals surface area contributed by atoms with Gasteiger partial charge >= 0.3 is 0 Å². The molecule has 0 saturated carbocycles. The SMILES string of the molecule is C1=CN(CN2C=CN(Cc3ccccc3)C2)CN1Cc1ccccc1. The average molecular weight is 332 g/mol. The summed E-state index contributed by atoms with van der Waals surface area (Å²) >= 11 is 0. The molecule has 2 heterocycles. The van der Waals surface area contributed by atoms with Gasteiger partial charge in [0.05, 0.1) is 20.0 Å². The second-order valence-electron chi connectivity index (χ2n) is 6.66. The van der Waals surface area contributed by atoms with Crippen molar-refractivity contribution >= 4 is 0 Å². The topological polar surface area (TPSA) is 13.0 Å². The lowest BCUT2D eigenvalue weighted by molar-refractivity contribution is 0.159. The monoisotopic (exact) mass is 332 g/mol. The molecule has 0 bridgehead atoms. The van der Waals surface area contributed by atoms with Crippen molar-refractivity contribution in [3.8, 4) is 0 Å². The lowest BCUT2D eigenvalue weighted by atomic mass is 10.2. The standard InChI is InChI=1S/C21H24N4/c1-3-7-20(8-4-1)15-22-11-13-24(17-22)19-25-14-12-23(18-25)16-21-9-5-2-6-10-21/h1-14H,15-19H2. The summed E-state index contributed by atoms with van der Waals surface area (Å²) in [7, 11) is 0. The maximum absolute atomic E-state index is 2.35. The lowest BCUT2D eigenvalue weighted by Gasteiger charge is -2.27. The fourth-order valence-corrected chi connectivity index (χ4v) is 3.29. The van der Waals surface area contributed by atoms with E-state index in [9.17, 15) is 0 Å². The predicted octanol–water partition coefficient (Wildman–Crippen LogP) is 3.44. The lowest BCUT2D eigenvalue weighted by Crippen LogP contribution is -2.35.